The third-order valence-corrected chi connectivity index (χ3v) is 5.04. The summed E-state index contributed by atoms with van der Waals surface area (Å²) in [6.45, 7) is 6.91. The summed E-state index contributed by atoms with van der Waals surface area (Å²) in [4.78, 5) is 11.6. The highest BCUT2D eigenvalue weighted by Gasteiger charge is 2.08. The lowest BCUT2D eigenvalue weighted by atomic mass is 10.1. The molecule has 1 amide bonds. The van der Waals surface area contributed by atoms with E-state index < -0.39 is 0 Å². The van der Waals surface area contributed by atoms with Gasteiger partial charge in [-0.2, -0.15) is 0 Å². The van der Waals surface area contributed by atoms with Crippen LogP contribution in [0, 0.1) is 13.8 Å². The van der Waals surface area contributed by atoms with Crippen molar-refractivity contribution in [1.82, 2.24) is 15.5 Å². The minimum atomic E-state index is 0.0331. The second-order valence-corrected chi connectivity index (χ2v) is 7.14. The molecule has 2 rings (SSSR count). The van der Waals surface area contributed by atoms with Crippen LogP contribution in [-0.4, -0.2) is 28.4 Å². The van der Waals surface area contributed by atoms with E-state index in [9.17, 15) is 4.79 Å². The Balaban J connectivity index is 1.88. The van der Waals surface area contributed by atoms with Crippen LogP contribution in [0.1, 0.15) is 24.5 Å². The van der Waals surface area contributed by atoms with E-state index in [0.29, 0.717) is 5.75 Å². The Labute approximate surface area is 138 Å². The summed E-state index contributed by atoms with van der Waals surface area (Å²) in [6, 6.07) is 6.18. The first kappa shape index (κ1) is 16.8. The monoisotopic (exact) mass is 336 g/mol. The molecule has 1 aromatic heterocycles. The molecule has 0 aliphatic carbocycles. The third kappa shape index (κ3) is 4.99. The highest BCUT2D eigenvalue weighted by molar-refractivity contribution is 8.01. The van der Waals surface area contributed by atoms with Crippen molar-refractivity contribution in [2.45, 2.75) is 31.5 Å². The number of nitrogens with one attached hydrogen (secondary N) is 2. The summed E-state index contributed by atoms with van der Waals surface area (Å²) < 4.78 is 0.790. The van der Waals surface area contributed by atoms with Crippen LogP contribution in [0.2, 0.25) is 0 Å². The normalized spacial score (nSPS) is 10.5. The Hall–Kier alpha value is -1.60. The molecule has 0 bridgehead atoms. The highest BCUT2D eigenvalue weighted by atomic mass is 32.2. The second kappa shape index (κ2) is 8.14. The molecule has 0 saturated heterocycles. The smallest absolute Gasteiger partial charge is 0.230 e. The van der Waals surface area contributed by atoms with Gasteiger partial charge in [-0.05, 0) is 43.5 Å². The van der Waals surface area contributed by atoms with Crippen molar-refractivity contribution < 1.29 is 4.79 Å². The zero-order chi connectivity index (χ0) is 15.9. The molecule has 2 aromatic rings. The van der Waals surface area contributed by atoms with Gasteiger partial charge in [-0.3, -0.25) is 4.79 Å². The molecule has 0 spiro atoms. The predicted molar refractivity (Wildman–Crippen MR) is 93.1 cm³/mol. The zero-order valence-electron chi connectivity index (χ0n) is 13.0. The first-order chi connectivity index (χ1) is 10.6. The quantitative estimate of drug-likeness (QED) is 0.757. The number of nitrogens with zero attached hydrogens (tertiary/aromatic N) is 2. The van der Waals surface area contributed by atoms with E-state index in [4.69, 9.17) is 0 Å². The lowest BCUT2D eigenvalue weighted by molar-refractivity contribution is -0.118. The largest absolute Gasteiger partial charge is 0.355 e. The van der Waals surface area contributed by atoms with E-state index in [0.717, 1.165) is 28.1 Å². The van der Waals surface area contributed by atoms with Gasteiger partial charge in [0.2, 0.25) is 11.0 Å². The fourth-order valence-electron chi connectivity index (χ4n) is 1.70. The minimum absolute atomic E-state index is 0.0331. The predicted octanol–water partition coefficient (Wildman–Crippen LogP) is 3.52. The van der Waals surface area contributed by atoms with Crippen molar-refractivity contribution >= 4 is 39.8 Å². The summed E-state index contributed by atoms with van der Waals surface area (Å²) in [5.41, 5.74) is 3.49. The van der Waals surface area contributed by atoms with E-state index in [2.05, 4.69) is 46.8 Å². The van der Waals surface area contributed by atoms with Crippen LogP contribution in [-0.2, 0) is 4.79 Å². The van der Waals surface area contributed by atoms with Crippen molar-refractivity contribution in [3.63, 3.8) is 0 Å². The molecule has 0 aliphatic rings. The zero-order valence-corrected chi connectivity index (χ0v) is 14.6. The lowest BCUT2D eigenvalue weighted by Crippen LogP contribution is -2.25. The Kier molecular flexibility index (Phi) is 6.21. The van der Waals surface area contributed by atoms with Crippen LogP contribution >= 0.6 is 23.1 Å². The van der Waals surface area contributed by atoms with Gasteiger partial charge in [-0.15, -0.1) is 10.2 Å². The van der Waals surface area contributed by atoms with Crippen LogP contribution < -0.4 is 10.6 Å². The summed E-state index contributed by atoms with van der Waals surface area (Å²) >= 11 is 2.86. The Morgan fingerprint density at radius 2 is 2.09 bits per heavy atom. The molecule has 5 nitrogen and oxygen atoms in total. The molecule has 0 unspecified atom stereocenters. The average molecular weight is 336 g/mol. The van der Waals surface area contributed by atoms with E-state index in [1.165, 1.54) is 34.2 Å². The van der Waals surface area contributed by atoms with Gasteiger partial charge in [0.1, 0.15) is 0 Å². The van der Waals surface area contributed by atoms with Crippen molar-refractivity contribution in [1.29, 1.82) is 0 Å². The number of aromatic nitrogens is 2. The topological polar surface area (TPSA) is 66.9 Å². The van der Waals surface area contributed by atoms with E-state index >= 15 is 0 Å². The summed E-state index contributed by atoms with van der Waals surface area (Å²) in [5, 5.41) is 15.0. The molecule has 22 heavy (non-hydrogen) atoms. The van der Waals surface area contributed by atoms with Gasteiger partial charge < -0.3 is 10.6 Å². The molecular formula is C15H20N4OS2. The molecule has 1 aromatic carbocycles. The number of aryl methyl sites for hydroxylation is 2. The molecule has 118 valence electrons. The lowest BCUT2D eigenvalue weighted by Gasteiger charge is -2.05. The van der Waals surface area contributed by atoms with Crippen LogP contribution in [0.25, 0.3) is 0 Å². The van der Waals surface area contributed by atoms with E-state index in [1.807, 2.05) is 13.0 Å². The molecule has 7 heteroatoms. The molecule has 0 fully saturated rings. The standard InChI is InChI=1S/C15H20N4OS2/c1-4-7-16-13(20)9-21-15-19-18-14(22-15)17-12-6-5-10(2)11(3)8-12/h5-6,8H,4,7,9H2,1-3H3,(H,16,20)(H,17,18). The van der Waals surface area contributed by atoms with Gasteiger partial charge in [0.25, 0.3) is 0 Å². The Bertz CT molecular complexity index is 642. The summed E-state index contributed by atoms with van der Waals surface area (Å²) in [7, 11) is 0. The molecule has 1 heterocycles. The fraction of sp³-hybridized carbons (Fsp3) is 0.400. The first-order valence-corrected chi connectivity index (χ1v) is 8.96. The number of benzene rings is 1. The van der Waals surface area contributed by atoms with Crippen LogP contribution in [0.5, 0.6) is 0 Å². The van der Waals surface area contributed by atoms with Gasteiger partial charge >= 0.3 is 0 Å². The molecule has 0 aliphatic heterocycles. The molecule has 2 N–H and O–H groups in total. The number of hydrogen-bond donors (Lipinski definition) is 2. The molecule has 0 atom stereocenters. The minimum Gasteiger partial charge on any atom is -0.355 e. The first-order valence-electron chi connectivity index (χ1n) is 7.15. The SMILES string of the molecule is CCCNC(=O)CSc1nnc(Nc2ccc(C)c(C)c2)s1. The maximum Gasteiger partial charge on any atom is 0.230 e. The van der Waals surface area contributed by atoms with Crippen LogP contribution in [0.4, 0.5) is 10.8 Å². The van der Waals surface area contributed by atoms with Gasteiger partial charge in [0.15, 0.2) is 4.34 Å². The van der Waals surface area contributed by atoms with Crippen molar-refractivity contribution in [2.24, 2.45) is 0 Å². The van der Waals surface area contributed by atoms with E-state index in [1.54, 1.807) is 0 Å². The number of carbonyl (C=O) groups is 1. The van der Waals surface area contributed by atoms with Gasteiger partial charge in [0.05, 0.1) is 5.75 Å². The van der Waals surface area contributed by atoms with Crippen molar-refractivity contribution in [2.75, 3.05) is 17.6 Å². The number of thioether (sulfide) groups is 1. The third-order valence-electron chi connectivity index (χ3n) is 3.06. The summed E-state index contributed by atoms with van der Waals surface area (Å²) in [6.07, 6.45) is 0.944. The van der Waals surface area contributed by atoms with E-state index in [-0.39, 0.29) is 5.91 Å². The number of rotatable bonds is 7. The Morgan fingerprint density at radius 3 is 2.82 bits per heavy atom. The van der Waals surface area contributed by atoms with Crippen molar-refractivity contribution in [3.05, 3.63) is 29.3 Å². The fourth-order valence-corrected chi connectivity index (χ4v) is 3.31. The highest BCUT2D eigenvalue weighted by Crippen LogP contribution is 2.28. The maximum atomic E-state index is 11.6. The number of anilines is 2. The molecule has 0 radical (unpaired) electrons. The number of carbonyl (C=O) groups excluding carboxylic acids is 1. The van der Waals surface area contributed by atoms with Gasteiger partial charge in [-0.1, -0.05) is 36.1 Å². The van der Waals surface area contributed by atoms with Crippen LogP contribution in [0.15, 0.2) is 22.5 Å². The second-order valence-electron chi connectivity index (χ2n) is 4.94. The average Bonchev–Trinajstić information content (AvgIpc) is 2.94. The Morgan fingerprint density at radius 1 is 1.27 bits per heavy atom. The van der Waals surface area contributed by atoms with Crippen molar-refractivity contribution in [3.8, 4) is 0 Å². The van der Waals surface area contributed by atoms with Crippen LogP contribution in [0.3, 0.4) is 0 Å². The number of hydrogen-bond acceptors (Lipinski definition) is 6. The summed E-state index contributed by atoms with van der Waals surface area (Å²) in [5.74, 6) is 0.406. The molecular weight excluding hydrogens is 316 g/mol. The van der Waals surface area contributed by atoms with Gasteiger partial charge in [0, 0.05) is 12.2 Å². The van der Waals surface area contributed by atoms with Gasteiger partial charge in [-0.25, -0.2) is 0 Å². The molecule has 0 saturated carbocycles. The maximum absolute atomic E-state index is 11.6. The number of amides is 1.